The van der Waals surface area contributed by atoms with Gasteiger partial charge in [-0.1, -0.05) is 76.9 Å². The van der Waals surface area contributed by atoms with E-state index in [0.717, 1.165) is 38.7 Å². The van der Waals surface area contributed by atoms with Crippen molar-refractivity contribution in [2.75, 3.05) is 13.2 Å². The van der Waals surface area contributed by atoms with Crippen LogP contribution in [-0.2, 0) is 4.74 Å². The first-order valence-corrected chi connectivity index (χ1v) is 16.8. The van der Waals surface area contributed by atoms with Crippen LogP contribution in [0.25, 0.3) is 21.5 Å². The van der Waals surface area contributed by atoms with Crippen LogP contribution in [0.5, 0.6) is 11.5 Å². The highest BCUT2D eigenvalue weighted by atomic mass is 79.9. The second-order valence-electron chi connectivity index (χ2n) is 10.5. The molecule has 0 spiro atoms. The van der Waals surface area contributed by atoms with E-state index in [2.05, 4.69) is 102 Å². The van der Waals surface area contributed by atoms with Gasteiger partial charge in [0.15, 0.2) is 0 Å². The lowest BCUT2D eigenvalue weighted by molar-refractivity contribution is 0.198. The largest absolute Gasteiger partial charge is 0.543 e. The van der Waals surface area contributed by atoms with Gasteiger partial charge in [-0.05, 0) is 101 Å². The number of fused-ring (bicyclic) bond motifs is 2. The highest BCUT2D eigenvalue weighted by Crippen LogP contribution is 2.38. The minimum atomic E-state index is -1.75. The summed E-state index contributed by atoms with van der Waals surface area (Å²) in [5.74, 6) is 1.30. The van der Waals surface area contributed by atoms with E-state index in [1.807, 2.05) is 24.3 Å². The molecule has 1 aliphatic rings. The first-order chi connectivity index (χ1) is 16.9. The fraction of sp³-hybridized carbons (Fsp3) is 0.333. The molecule has 1 N–H and O–H groups in total. The van der Waals surface area contributed by atoms with Crippen molar-refractivity contribution in [3.63, 3.8) is 0 Å². The molecule has 0 unspecified atom stereocenters. The van der Waals surface area contributed by atoms with Crippen LogP contribution in [0, 0.1) is 0 Å². The molecule has 5 rings (SSSR count). The maximum atomic E-state index is 9.19. The number of halogens is 2. The molecule has 3 nitrogen and oxygen atoms in total. The fourth-order valence-corrected chi connectivity index (χ4v) is 5.20. The summed E-state index contributed by atoms with van der Waals surface area (Å²) in [5, 5.41) is 14.0. The van der Waals surface area contributed by atoms with Crippen LogP contribution in [0.2, 0.25) is 18.1 Å². The van der Waals surface area contributed by atoms with E-state index in [9.17, 15) is 5.11 Å². The number of benzene rings is 4. The maximum absolute atomic E-state index is 9.19. The van der Waals surface area contributed by atoms with Crippen LogP contribution >= 0.6 is 31.9 Å². The molecule has 1 saturated heterocycles. The van der Waals surface area contributed by atoms with E-state index >= 15 is 0 Å². The molecule has 4 aromatic carbocycles. The quantitative estimate of drug-likeness (QED) is 0.224. The number of rotatable bonds is 2. The number of ether oxygens (including phenoxy) is 1. The van der Waals surface area contributed by atoms with E-state index in [1.54, 1.807) is 12.1 Å². The average molecular weight is 633 g/mol. The molecule has 192 valence electrons. The Morgan fingerprint density at radius 1 is 0.722 bits per heavy atom. The Labute approximate surface area is 233 Å². The summed E-state index contributed by atoms with van der Waals surface area (Å²) in [4.78, 5) is 0. The minimum Gasteiger partial charge on any atom is -0.543 e. The van der Waals surface area contributed by atoms with E-state index in [1.165, 1.54) is 23.6 Å². The summed E-state index contributed by atoms with van der Waals surface area (Å²) in [5.41, 5.74) is 0. The van der Waals surface area contributed by atoms with Crippen molar-refractivity contribution in [2.45, 2.75) is 51.7 Å². The predicted octanol–water partition coefficient (Wildman–Crippen LogP) is 10.1. The van der Waals surface area contributed by atoms with Crippen molar-refractivity contribution in [2.24, 2.45) is 0 Å². The molecule has 1 aliphatic heterocycles. The standard InChI is InChI=1S/C16H21BrOSi.C10H7BrO.C4H8O/c1-16(2,3)19(4,5)18-15-9-7-12-10-14(17)8-6-13(12)11-15;11-9-3-1-8-6-10(12)4-2-7(8)5-9;1-2-4-5-3-1/h6-11H,1-5H3;1-6,12H;1-4H2. The summed E-state index contributed by atoms with van der Waals surface area (Å²) in [6, 6.07) is 24.0. The number of hydrogen-bond acceptors (Lipinski definition) is 3. The van der Waals surface area contributed by atoms with Gasteiger partial charge in [-0.15, -0.1) is 0 Å². The van der Waals surface area contributed by atoms with Gasteiger partial charge in [-0.2, -0.15) is 0 Å². The zero-order chi connectivity index (χ0) is 26.3. The lowest BCUT2D eigenvalue weighted by Crippen LogP contribution is -2.43. The van der Waals surface area contributed by atoms with Crippen molar-refractivity contribution < 1.29 is 14.3 Å². The predicted molar refractivity (Wildman–Crippen MR) is 163 cm³/mol. The Kier molecular flexibility index (Phi) is 10.0. The Bertz CT molecular complexity index is 1250. The Hall–Kier alpha value is -1.86. The molecular weight excluding hydrogens is 596 g/mol. The third-order valence-electron chi connectivity index (χ3n) is 6.57. The van der Waals surface area contributed by atoms with Crippen LogP contribution in [0.15, 0.2) is 81.7 Å². The number of phenolic OH excluding ortho intramolecular Hbond substituents is 1. The molecule has 6 heteroatoms. The van der Waals surface area contributed by atoms with Gasteiger partial charge >= 0.3 is 0 Å². The Morgan fingerprint density at radius 2 is 1.19 bits per heavy atom. The SMILES string of the molecule is C1CCOC1.CC(C)(C)[Si](C)(C)Oc1ccc2cc(Br)ccc2c1.Oc1ccc2cc(Br)ccc2c1. The molecule has 0 aliphatic carbocycles. The molecule has 0 saturated carbocycles. The van der Waals surface area contributed by atoms with Crippen molar-refractivity contribution in [1.82, 2.24) is 0 Å². The molecule has 36 heavy (non-hydrogen) atoms. The normalized spacial score (nSPS) is 13.5. The first-order valence-electron chi connectivity index (χ1n) is 12.3. The average Bonchev–Trinajstić information content (AvgIpc) is 3.39. The van der Waals surface area contributed by atoms with E-state index in [0.29, 0.717) is 5.75 Å². The lowest BCUT2D eigenvalue weighted by Gasteiger charge is -2.36. The van der Waals surface area contributed by atoms with Crippen LogP contribution in [0.1, 0.15) is 33.6 Å². The number of phenols is 1. The van der Waals surface area contributed by atoms with Crippen LogP contribution < -0.4 is 4.43 Å². The van der Waals surface area contributed by atoms with Gasteiger partial charge in [-0.25, -0.2) is 0 Å². The van der Waals surface area contributed by atoms with E-state index < -0.39 is 8.32 Å². The topological polar surface area (TPSA) is 38.7 Å². The highest BCUT2D eigenvalue weighted by molar-refractivity contribution is 9.10. The maximum Gasteiger partial charge on any atom is 0.250 e. The van der Waals surface area contributed by atoms with Gasteiger partial charge in [-0.3, -0.25) is 0 Å². The third kappa shape index (κ3) is 8.34. The summed E-state index contributed by atoms with van der Waals surface area (Å²) in [6.07, 6.45) is 2.56. The van der Waals surface area contributed by atoms with Gasteiger partial charge in [0.2, 0.25) is 8.32 Å². The lowest BCUT2D eigenvalue weighted by atomic mass is 10.1. The summed E-state index contributed by atoms with van der Waals surface area (Å²) in [6.45, 7) is 13.3. The Balaban J connectivity index is 0.000000179. The monoisotopic (exact) mass is 630 g/mol. The summed E-state index contributed by atoms with van der Waals surface area (Å²) >= 11 is 6.89. The van der Waals surface area contributed by atoms with E-state index in [-0.39, 0.29) is 5.04 Å². The molecule has 0 bridgehead atoms. The fourth-order valence-electron chi connectivity index (χ4n) is 3.42. The molecular formula is C30H36Br2O3Si. The van der Waals surface area contributed by atoms with Gasteiger partial charge in [0.1, 0.15) is 11.5 Å². The number of hydrogen-bond donors (Lipinski definition) is 1. The molecule has 1 fully saturated rings. The third-order valence-corrected chi connectivity index (χ3v) is 11.9. The van der Waals surface area contributed by atoms with Crippen LogP contribution in [-0.4, -0.2) is 26.6 Å². The summed E-state index contributed by atoms with van der Waals surface area (Å²) in [7, 11) is -1.75. The van der Waals surface area contributed by atoms with Crippen LogP contribution in [0.3, 0.4) is 0 Å². The van der Waals surface area contributed by atoms with Crippen LogP contribution in [0.4, 0.5) is 0 Å². The van der Waals surface area contributed by atoms with Crippen molar-refractivity contribution in [3.05, 3.63) is 81.7 Å². The second kappa shape index (κ2) is 12.6. The van der Waals surface area contributed by atoms with Crippen molar-refractivity contribution >= 4 is 61.7 Å². The van der Waals surface area contributed by atoms with Gasteiger partial charge in [0, 0.05) is 22.2 Å². The zero-order valence-electron chi connectivity index (χ0n) is 21.8. The first kappa shape index (κ1) is 28.7. The molecule has 1 heterocycles. The highest BCUT2D eigenvalue weighted by Gasteiger charge is 2.38. The molecule has 0 atom stereocenters. The molecule has 0 amide bonds. The van der Waals surface area contributed by atoms with Gasteiger partial charge < -0.3 is 14.3 Å². The molecule has 0 radical (unpaired) electrons. The zero-order valence-corrected chi connectivity index (χ0v) is 25.9. The smallest absolute Gasteiger partial charge is 0.250 e. The van der Waals surface area contributed by atoms with Gasteiger partial charge in [0.25, 0.3) is 0 Å². The van der Waals surface area contributed by atoms with Crippen molar-refractivity contribution in [1.29, 1.82) is 0 Å². The number of aromatic hydroxyl groups is 1. The summed E-state index contributed by atoms with van der Waals surface area (Å²) < 4.78 is 13.4. The molecule has 4 aromatic rings. The minimum absolute atomic E-state index is 0.224. The second-order valence-corrected chi connectivity index (χ2v) is 17.1. The van der Waals surface area contributed by atoms with E-state index in [4.69, 9.17) is 9.16 Å². The molecule has 0 aromatic heterocycles. The Morgan fingerprint density at radius 3 is 1.69 bits per heavy atom. The van der Waals surface area contributed by atoms with Gasteiger partial charge in [0.05, 0.1) is 0 Å². The van der Waals surface area contributed by atoms with Crippen molar-refractivity contribution in [3.8, 4) is 11.5 Å².